The zero-order valence-corrected chi connectivity index (χ0v) is 9.07. The molecule has 0 spiro atoms. The lowest BCUT2D eigenvalue weighted by Gasteiger charge is -1.97. The predicted molar refractivity (Wildman–Crippen MR) is 58.2 cm³/mol. The van der Waals surface area contributed by atoms with Crippen LogP contribution in [0.25, 0.3) is 11.5 Å². The maximum atomic E-state index is 13.2. The summed E-state index contributed by atoms with van der Waals surface area (Å²) in [7, 11) is 0. The molecule has 0 fully saturated rings. The van der Waals surface area contributed by atoms with Crippen molar-refractivity contribution in [3.05, 3.63) is 29.8 Å². The van der Waals surface area contributed by atoms with Crippen LogP contribution in [0.4, 0.5) is 10.1 Å². The van der Waals surface area contributed by atoms with Crippen molar-refractivity contribution in [2.45, 2.75) is 19.8 Å². The zero-order valence-electron chi connectivity index (χ0n) is 9.07. The standard InChI is InChI=1S/C11H12FN3O/c1-6(2)10-14-11(16-15-10)7-3-4-9(13)8(12)5-7/h3-6H,13H2,1-2H3. The van der Waals surface area contributed by atoms with E-state index < -0.39 is 5.82 Å². The number of rotatable bonds is 2. The fourth-order valence-corrected chi connectivity index (χ4v) is 1.25. The molecular weight excluding hydrogens is 209 g/mol. The summed E-state index contributed by atoms with van der Waals surface area (Å²) in [6.45, 7) is 3.91. The summed E-state index contributed by atoms with van der Waals surface area (Å²) in [5.41, 5.74) is 6.02. The van der Waals surface area contributed by atoms with E-state index in [4.69, 9.17) is 10.3 Å². The van der Waals surface area contributed by atoms with E-state index in [0.717, 1.165) is 0 Å². The van der Waals surface area contributed by atoms with E-state index in [9.17, 15) is 4.39 Å². The van der Waals surface area contributed by atoms with Crippen LogP contribution in [0, 0.1) is 5.82 Å². The van der Waals surface area contributed by atoms with Crippen molar-refractivity contribution in [3.63, 3.8) is 0 Å². The van der Waals surface area contributed by atoms with Crippen LogP contribution in [0.5, 0.6) is 0 Å². The van der Waals surface area contributed by atoms with Gasteiger partial charge in [-0.3, -0.25) is 0 Å². The number of benzene rings is 1. The SMILES string of the molecule is CC(C)c1noc(-c2ccc(N)c(F)c2)n1. The third-order valence-electron chi connectivity index (χ3n) is 2.21. The van der Waals surface area contributed by atoms with E-state index >= 15 is 0 Å². The van der Waals surface area contributed by atoms with Gasteiger partial charge in [0.05, 0.1) is 5.69 Å². The average Bonchev–Trinajstić information content (AvgIpc) is 2.71. The third kappa shape index (κ3) is 1.88. The summed E-state index contributed by atoms with van der Waals surface area (Å²) >= 11 is 0. The van der Waals surface area contributed by atoms with Crippen molar-refractivity contribution < 1.29 is 8.91 Å². The number of hydrogen-bond donors (Lipinski definition) is 1. The van der Waals surface area contributed by atoms with Crippen molar-refractivity contribution in [3.8, 4) is 11.5 Å². The summed E-state index contributed by atoms with van der Waals surface area (Å²) in [6, 6.07) is 4.41. The minimum absolute atomic E-state index is 0.104. The minimum Gasteiger partial charge on any atom is -0.396 e. The molecule has 0 aliphatic carbocycles. The van der Waals surface area contributed by atoms with E-state index in [1.807, 2.05) is 13.8 Å². The van der Waals surface area contributed by atoms with Crippen molar-refractivity contribution in [2.75, 3.05) is 5.73 Å². The average molecular weight is 221 g/mol. The summed E-state index contributed by atoms with van der Waals surface area (Å²) in [6.07, 6.45) is 0. The first-order valence-corrected chi connectivity index (χ1v) is 4.97. The lowest BCUT2D eigenvalue weighted by molar-refractivity contribution is 0.419. The largest absolute Gasteiger partial charge is 0.396 e. The van der Waals surface area contributed by atoms with Gasteiger partial charge >= 0.3 is 0 Å². The highest BCUT2D eigenvalue weighted by molar-refractivity contribution is 5.57. The van der Waals surface area contributed by atoms with Crippen LogP contribution in [-0.2, 0) is 0 Å². The Bertz CT molecular complexity index is 508. The second kappa shape index (κ2) is 3.92. The highest BCUT2D eigenvalue weighted by Gasteiger charge is 2.12. The van der Waals surface area contributed by atoms with Crippen LogP contribution in [0.1, 0.15) is 25.6 Å². The molecule has 1 aromatic carbocycles. The molecule has 5 heteroatoms. The van der Waals surface area contributed by atoms with Gasteiger partial charge < -0.3 is 10.3 Å². The van der Waals surface area contributed by atoms with Gasteiger partial charge in [0.2, 0.25) is 0 Å². The Morgan fingerprint density at radius 1 is 1.38 bits per heavy atom. The van der Waals surface area contributed by atoms with Gasteiger partial charge in [-0.1, -0.05) is 19.0 Å². The molecule has 2 N–H and O–H groups in total. The van der Waals surface area contributed by atoms with Crippen LogP contribution in [-0.4, -0.2) is 10.1 Å². The van der Waals surface area contributed by atoms with Gasteiger partial charge in [0.1, 0.15) is 5.82 Å². The molecule has 0 saturated carbocycles. The highest BCUT2D eigenvalue weighted by Crippen LogP contribution is 2.22. The summed E-state index contributed by atoms with van der Waals surface area (Å²) in [5, 5.41) is 3.80. The van der Waals surface area contributed by atoms with Crippen molar-refractivity contribution in [2.24, 2.45) is 0 Å². The van der Waals surface area contributed by atoms with E-state index in [1.54, 1.807) is 6.07 Å². The minimum atomic E-state index is -0.484. The molecule has 1 heterocycles. The molecular formula is C11H12FN3O. The number of aromatic nitrogens is 2. The van der Waals surface area contributed by atoms with Gasteiger partial charge in [0.15, 0.2) is 5.82 Å². The fourth-order valence-electron chi connectivity index (χ4n) is 1.25. The number of halogens is 1. The van der Waals surface area contributed by atoms with Gasteiger partial charge in [0, 0.05) is 11.5 Å². The quantitative estimate of drug-likeness (QED) is 0.791. The Morgan fingerprint density at radius 3 is 2.69 bits per heavy atom. The van der Waals surface area contributed by atoms with Crippen LogP contribution in [0.3, 0.4) is 0 Å². The Morgan fingerprint density at radius 2 is 2.12 bits per heavy atom. The van der Waals surface area contributed by atoms with E-state index in [0.29, 0.717) is 17.3 Å². The lowest BCUT2D eigenvalue weighted by Crippen LogP contribution is -1.91. The summed E-state index contributed by atoms with van der Waals surface area (Å²) < 4.78 is 18.3. The van der Waals surface area contributed by atoms with Crippen LogP contribution >= 0.6 is 0 Å². The molecule has 2 rings (SSSR count). The highest BCUT2D eigenvalue weighted by atomic mass is 19.1. The van der Waals surface area contributed by atoms with Crippen molar-refractivity contribution in [1.29, 1.82) is 0 Å². The molecule has 0 atom stereocenters. The van der Waals surface area contributed by atoms with E-state index in [2.05, 4.69) is 10.1 Å². The maximum Gasteiger partial charge on any atom is 0.258 e. The molecule has 0 aliphatic heterocycles. The van der Waals surface area contributed by atoms with Crippen molar-refractivity contribution >= 4 is 5.69 Å². The Kier molecular flexibility index (Phi) is 2.60. The Balaban J connectivity index is 2.39. The number of anilines is 1. The first-order chi connectivity index (χ1) is 7.58. The molecule has 0 aliphatic rings. The number of nitrogens with zero attached hydrogens (tertiary/aromatic N) is 2. The number of hydrogen-bond acceptors (Lipinski definition) is 4. The Labute approximate surface area is 92.3 Å². The van der Waals surface area contributed by atoms with Gasteiger partial charge in [-0.2, -0.15) is 4.98 Å². The molecule has 2 aromatic rings. The molecule has 0 unspecified atom stereocenters. The summed E-state index contributed by atoms with van der Waals surface area (Å²) in [4.78, 5) is 4.17. The second-order valence-corrected chi connectivity index (χ2v) is 3.85. The maximum absolute atomic E-state index is 13.2. The lowest BCUT2D eigenvalue weighted by atomic mass is 10.2. The Hall–Kier alpha value is -1.91. The smallest absolute Gasteiger partial charge is 0.258 e. The molecule has 1 aromatic heterocycles. The second-order valence-electron chi connectivity index (χ2n) is 3.85. The van der Waals surface area contributed by atoms with E-state index in [-0.39, 0.29) is 11.6 Å². The van der Waals surface area contributed by atoms with Crippen LogP contribution < -0.4 is 5.73 Å². The molecule has 0 amide bonds. The number of nitrogens with two attached hydrogens (primary N) is 1. The first kappa shape index (κ1) is 10.6. The van der Waals surface area contributed by atoms with E-state index in [1.165, 1.54) is 12.1 Å². The predicted octanol–water partition coefficient (Wildman–Crippen LogP) is 2.58. The van der Waals surface area contributed by atoms with Gasteiger partial charge in [-0.25, -0.2) is 4.39 Å². The van der Waals surface area contributed by atoms with Crippen molar-refractivity contribution in [1.82, 2.24) is 10.1 Å². The van der Waals surface area contributed by atoms with Crippen LogP contribution in [0.15, 0.2) is 22.7 Å². The summed E-state index contributed by atoms with van der Waals surface area (Å²) in [5.74, 6) is 0.604. The topological polar surface area (TPSA) is 64.9 Å². The zero-order chi connectivity index (χ0) is 11.7. The molecule has 84 valence electrons. The van der Waals surface area contributed by atoms with Gasteiger partial charge in [0.25, 0.3) is 5.89 Å². The molecule has 16 heavy (non-hydrogen) atoms. The third-order valence-corrected chi connectivity index (χ3v) is 2.21. The molecule has 0 saturated heterocycles. The normalized spacial score (nSPS) is 11.0. The first-order valence-electron chi connectivity index (χ1n) is 4.97. The molecule has 0 radical (unpaired) electrons. The van der Waals surface area contributed by atoms with Crippen LogP contribution in [0.2, 0.25) is 0 Å². The van der Waals surface area contributed by atoms with Gasteiger partial charge in [-0.05, 0) is 18.2 Å². The molecule has 4 nitrogen and oxygen atoms in total. The fraction of sp³-hybridized carbons (Fsp3) is 0.273. The monoisotopic (exact) mass is 221 g/mol. The van der Waals surface area contributed by atoms with Gasteiger partial charge in [-0.15, -0.1) is 0 Å². The molecule has 0 bridgehead atoms. The number of nitrogen functional groups attached to an aromatic ring is 1.